The van der Waals surface area contributed by atoms with Crippen LogP contribution < -0.4 is 0 Å². The van der Waals surface area contributed by atoms with Gasteiger partial charge in [-0.1, -0.05) is 109 Å². The number of carbonyl (C=O) groups excluding carboxylic acids is 1. The lowest BCUT2D eigenvalue weighted by Gasteiger charge is -2.13. The second-order valence-electron chi connectivity index (χ2n) is 8.60. The van der Waals surface area contributed by atoms with E-state index < -0.39 is 29.1 Å². The van der Waals surface area contributed by atoms with Crippen LogP contribution in [0.4, 0.5) is 17.6 Å². The van der Waals surface area contributed by atoms with E-state index in [0.717, 1.165) is 31.4 Å². The number of hydrogen-bond acceptors (Lipinski definition) is 2. The van der Waals surface area contributed by atoms with E-state index in [-0.39, 0.29) is 6.61 Å². The van der Waals surface area contributed by atoms with E-state index in [0.29, 0.717) is 12.5 Å². The molecule has 184 valence electrons. The zero-order valence-corrected chi connectivity index (χ0v) is 19.6. The first-order chi connectivity index (χ1) is 15.4. The highest BCUT2D eigenvalue weighted by atomic mass is 19.4. The first-order valence-electron chi connectivity index (χ1n) is 12.4. The third-order valence-corrected chi connectivity index (χ3v) is 5.75. The zero-order valence-electron chi connectivity index (χ0n) is 19.6. The van der Waals surface area contributed by atoms with Gasteiger partial charge in [0.15, 0.2) is 0 Å². The number of esters is 1. The fourth-order valence-corrected chi connectivity index (χ4v) is 3.86. The van der Waals surface area contributed by atoms with Crippen molar-refractivity contribution in [3.8, 4) is 0 Å². The van der Waals surface area contributed by atoms with Crippen molar-refractivity contribution < 1.29 is 27.1 Å². The number of carbonyl (C=O) groups is 1. The predicted molar refractivity (Wildman–Crippen MR) is 121 cm³/mol. The SMILES string of the molecule is CCCCCCCCCCCCCCCCCCOC(=O)c1c(F)cccc1C(F)(F)F. The van der Waals surface area contributed by atoms with Crippen LogP contribution in [0.3, 0.4) is 0 Å². The molecule has 6 heteroatoms. The first-order valence-corrected chi connectivity index (χ1v) is 12.4. The molecule has 0 spiro atoms. The van der Waals surface area contributed by atoms with Gasteiger partial charge in [0.2, 0.25) is 0 Å². The van der Waals surface area contributed by atoms with Gasteiger partial charge in [0.05, 0.1) is 12.2 Å². The van der Waals surface area contributed by atoms with Crippen LogP contribution in [0, 0.1) is 5.82 Å². The third kappa shape index (κ3) is 12.4. The van der Waals surface area contributed by atoms with Crippen molar-refractivity contribution in [2.45, 2.75) is 116 Å². The molecule has 0 aromatic heterocycles. The maximum absolute atomic E-state index is 13.8. The van der Waals surface area contributed by atoms with Crippen LogP contribution in [-0.4, -0.2) is 12.6 Å². The van der Waals surface area contributed by atoms with Crippen LogP contribution >= 0.6 is 0 Å². The Bertz CT molecular complexity index is 629. The van der Waals surface area contributed by atoms with Crippen LogP contribution in [-0.2, 0) is 10.9 Å². The smallest absolute Gasteiger partial charge is 0.417 e. The molecule has 0 aliphatic rings. The Morgan fingerprint density at radius 3 is 1.62 bits per heavy atom. The maximum atomic E-state index is 13.8. The van der Waals surface area contributed by atoms with Gasteiger partial charge in [-0.05, 0) is 18.6 Å². The largest absolute Gasteiger partial charge is 0.462 e. The predicted octanol–water partition coefficient (Wildman–Crippen LogP) is 9.26. The molecule has 0 aliphatic carbocycles. The van der Waals surface area contributed by atoms with E-state index in [1.165, 1.54) is 77.0 Å². The van der Waals surface area contributed by atoms with Crippen LogP contribution in [0.5, 0.6) is 0 Å². The van der Waals surface area contributed by atoms with E-state index in [1.807, 2.05) is 0 Å². The Kier molecular flexibility index (Phi) is 15.1. The molecule has 0 fully saturated rings. The summed E-state index contributed by atoms with van der Waals surface area (Å²) in [6.45, 7) is 2.24. The van der Waals surface area contributed by atoms with Crippen molar-refractivity contribution >= 4 is 5.97 Å². The maximum Gasteiger partial charge on any atom is 0.417 e. The Morgan fingerprint density at radius 2 is 1.19 bits per heavy atom. The van der Waals surface area contributed by atoms with Crippen molar-refractivity contribution in [2.24, 2.45) is 0 Å². The Labute approximate surface area is 191 Å². The minimum absolute atomic E-state index is 0.00289. The fraction of sp³-hybridized carbons (Fsp3) is 0.731. The minimum Gasteiger partial charge on any atom is -0.462 e. The topological polar surface area (TPSA) is 26.3 Å². The van der Waals surface area contributed by atoms with Gasteiger partial charge in [-0.25, -0.2) is 9.18 Å². The number of benzene rings is 1. The summed E-state index contributed by atoms with van der Waals surface area (Å²) in [6, 6.07) is 2.46. The van der Waals surface area contributed by atoms with Gasteiger partial charge < -0.3 is 4.74 Å². The van der Waals surface area contributed by atoms with Crippen LogP contribution in [0.25, 0.3) is 0 Å². The molecule has 1 rings (SSSR count). The molecule has 32 heavy (non-hydrogen) atoms. The average molecular weight is 461 g/mol. The van der Waals surface area contributed by atoms with Crippen molar-refractivity contribution in [3.63, 3.8) is 0 Å². The summed E-state index contributed by atoms with van der Waals surface area (Å²) < 4.78 is 57.5. The average Bonchev–Trinajstić information content (AvgIpc) is 2.75. The summed E-state index contributed by atoms with van der Waals surface area (Å²) >= 11 is 0. The number of halogens is 4. The quantitative estimate of drug-likeness (QED) is 0.124. The highest BCUT2D eigenvalue weighted by Gasteiger charge is 2.37. The first kappa shape index (κ1) is 28.4. The monoisotopic (exact) mass is 460 g/mol. The van der Waals surface area contributed by atoms with Gasteiger partial charge in [-0.2, -0.15) is 13.2 Å². The summed E-state index contributed by atoms with van der Waals surface area (Å²) in [7, 11) is 0. The zero-order chi connectivity index (χ0) is 23.7. The molecule has 0 bridgehead atoms. The number of hydrogen-bond donors (Lipinski definition) is 0. The molecular weight excluding hydrogens is 420 g/mol. The molecule has 0 atom stereocenters. The molecule has 1 aromatic carbocycles. The van der Waals surface area contributed by atoms with Crippen molar-refractivity contribution in [3.05, 3.63) is 35.1 Å². The minimum atomic E-state index is -4.80. The van der Waals surface area contributed by atoms with Crippen LogP contribution in [0.15, 0.2) is 18.2 Å². The molecule has 2 nitrogen and oxygen atoms in total. The molecule has 0 saturated carbocycles. The van der Waals surface area contributed by atoms with E-state index in [2.05, 4.69) is 6.92 Å². The number of alkyl halides is 3. The Balaban J connectivity index is 2.00. The molecular formula is C26H40F4O2. The molecule has 0 saturated heterocycles. The van der Waals surface area contributed by atoms with Gasteiger partial charge in [0.25, 0.3) is 0 Å². The number of rotatable bonds is 18. The summed E-state index contributed by atoms with van der Waals surface area (Å²) in [5, 5.41) is 0. The highest BCUT2D eigenvalue weighted by molar-refractivity contribution is 5.91. The van der Waals surface area contributed by atoms with E-state index in [1.54, 1.807) is 0 Å². The molecule has 0 heterocycles. The molecule has 0 N–H and O–H groups in total. The lowest BCUT2D eigenvalue weighted by molar-refractivity contribution is -0.138. The summed E-state index contributed by atoms with van der Waals surface area (Å²) in [4.78, 5) is 11.9. The lowest BCUT2D eigenvalue weighted by Crippen LogP contribution is -2.17. The number of ether oxygens (including phenoxy) is 1. The van der Waals surface area contributed by atoms with E-state index in [9.17, 15) is 22.4 Å². The molecule has 1 aromatic rings. The van der Waals surface area contributed by atoms with E-state index in [4.69, 9.17) is 4.74 Å². The normalized spacial score (nSPS) is 11.7. The van der Waals surface area contributed by atoms with Gasteiger partial charge in [-0.3, -0.25) is 0 Å². The van der Waals surface area contributed by atoms with Crippen molar-refractivity contribution in [1.29, 1.82) is 0 Å². The second-order valence-corrected chi connectivity index (χ2v) is 8.60. The van der Waals surface area contributed by atoms with Crippen molar-refractivity contribution in [1.82, 2.24) is 0 Å². The Morgan fingerprint density at radius 1 is 0.750 bits per heavy atom. The fourth-order valence-electron chi connectivity index (χ4n) is 3.86. The third-order valence-electron chi connectivity index (χ3n) is 5.75. The van der Waals surface area contributed by atoms with Gasteiger partial charge in [0.1, 0.15) is 11.4 Å². The number of unbranched alkanes of at least 4 members (excludes halogenated alkanes) is 15. The van der Waals surface area contributed by atoms with E-state index >= 15 is 0 Å². The molecule has 0 radical (unpaired) electrons. The molecule has 0 amide bonds. The van der Waals surface area contributed by atoms with Crippen molar-refractivity contribution in [2.75, 3.05) is 6.61 Å². The summed E-state index contributed by atoms with van der Waals surface area (Å²) in [6.07, 6.45) is 14.6. The van der Waals surface area contributed by atoms with Crippen LogP contribution in [0.1, 0.15) is 126 Å². The van der Waals surface area contributed by atoms with Crippen LogP contribution in [0.2, 0.25) is 0 Å². The van der Waals surface area contributed by atoms with Gasteiger partial charge in [0, 0.05) is 0 Å². The lowest BCUT2D eigenvalue weighted by atomic mass is 10.0. The van der Waals surface area contributed by atoms with Gasteiger partial charge in [-0.15, -0.1) is 0 Å². The highest BCUT2D eigenvalue weighted by Crippen LogP contribution is 2.33. The summed E-state index contributed by atoms with van der Waals surface area (Å²) in [5.74, 6) is -2.46. The van der Waals surface area contributed by atoms with Gasteiger partial charge >= 0.3 is 12.1 Å². The molecule has 0 aliphatic heterocycles. The Hall–Kier alpha value is -1.59. The summed E-state index contributed by atoms with van der Waals surface area (Å²) in [5.41, 5.74) is -2.33. The standard InChI is InChI=1S/C26H40F4O2/c1-2-3-4-5-6-7-8-9-10-11-12-13-14-15-16-17-21-32-25(31)24-22(26(28,29)30)19-18-20-23(24)27/h18-20H,2-17,21H2,1H3. The second kappa shape index (κ2) is 17.0. The molecule has 0 unspecified atom stereocenters.